The minimum Gasteiger partial charge on any atom is -0.325 e. The average Bonchev–Trinajstić information content (AvgIpc) is 2.78. The van der Waals surface area contributed by atoms with Crippen molar-refractivity contribution in [1.29, 1.82) is 0 Å². The Labute approximate surface area is 112 Å². The van der Waals surface area contributed by atoms with Gasteiger partial charge in [-0.2, -0.15) is 5.10 Å². The third-order valence-corrected chi connectivity index (χ3v) is 2.97. The molecule has 2 aromatic rings. The minimum absolute atomic E-state index is 0.0618. The molecule has 0 aliphatic carbocycles. The van der Waals surface area contributed by atoms with E-state index in [-0.39, 0.29) is 5.78 Å². The first-order valence-electron chi connectivity index (χ1n) is 6.35. The van der Waals surface area contributed by atoms with Crippen molar-refractivity contribution >= 4 is 5.78 Å². The standard InChI is InChI=1S/C14H18N4O/c1-3-18-13(6-10(2)17-18)8-14(19)11-4-5-16-12(7-11)9-15/h4-7H,3,8-9,15H2,1-2H3. The molecular weight excluding hydrogens is 240 g/mol. The highest BCUT2D eigenvalue weighted by Gasteiger charge is 2.12. The minimum atomic E-state index is 0.0618. The van der Waals surface area contributed by atoms with Gasteiger partial charge < -0.3 is 5.73 Å². The molecule has 0 aliphatic rings. The summed E-state index contributed by atoms with van der Waals surface area (Å²) >= 11 is 0. The van der Waals surface area contributed by atoms with Gasteiger partial charge >= 0.3 is 0 Å². The average molecular weight is 258 g/mol. The van der Waals surface area contributed by atoms with E-state index < -0.39 is 0 Å². The van der Waals surface area contributed by atoms with Crippen LogP contribution >= 0.6 is 0 Å². The number of ketones is 1. The summed E-state index contributed by atoms with van der Waals surface area (Å²) in [4.78, 5) is 16.3. The lowest BCUT2D eigenvalue weighted by Crippen LogP contribution is -2.11. The van der Waals surface area contributed by atoms with Gasteiger partial charge in [-0.25, -0.2) is 0 Å². The van der Waals surface area contributed by atoms with Crippen LogP contribution in [0, 0.1) is 6.92 Å². The van der Waals surface area contributed by atoms with Crippen LogP contribution in [0.25, 0.3) is 0 Å². The summed E-state index contributed by atoms with van der Waals surface area (Å²) in [5.74, 6) is 0.0618. The van der Waals surface area contributed by atoms with Crippen LogP contribution < -0.4 is 5.73 Å². The van der Waals surface area contributed by atoms with E-state index in [1.54, 1.807) is 18.3 Å². The maximum Gasteiger partial charge on any atom is 0.168 e. The van der Waals surface area contributed by atoms with Gasteiger partial charge in [-0.3, -0.25) is 14.5 Å². The Hall–Kier alpha value is -2.01. The number of aryl methyl sites for hydroxylation is 2. The topological polar surface area (TPSA) is 73.8 Å². The van der Waals surface area contributed by atoms with Crippen molar-refractivity contribution in [2.24, 2.45) is 5.73 Å². The molecule has 0 saturated carbocycles. The normalized spacial score (nSPS) is 10.7. The highest BCUT2D eigenvalue weighted by Crippen LogP contribution is 2.10. The van der Waals surface area contributed by atoms with Gasteiger partial charge in [0.2, 0.25) is 0 Å². The first-order chi connectivity index (χ1) is 9.13. The lowest BCUT2D eigenvalue weighted by Gasteiger charge is -2.05. The summed E-state index contributed by atoms with van der Waals surface area (Å²) in [6.07, 6.45) is 1.97. The highest BCUT2D eigenvalue weighted by atomic mass is 16.1. The molecule has 0 atom stereocenters. The van der Waals surface area contributed by atoms with Gasteiger partial charge in [0.25, 0.3) is 0 Å². The SMILES string of the molecule is CCn1nc(C)cc1CC(=O)c1ccnc(CN)c1. The molecule has 5 nitrogen and oxygen atoms in total. The van der Waals surface area contributed by atoms with Gasteiger partial charge in [0.1, 0.15) is 0 Å². The number of pyridine rings is 1. The molecule has 5 heteroatoms. The van der Waals surface area contributed by atoms with E-state index in [0.29, 0.717) is 18.5 Å². The van der Waals surface area contributed by atoms with Gasteiger partial charge in [0.15, 0.2) is 5.78 Å². The number of carbonyl (C=O) groups is 1. The maximum atomic E-state index is 12.2. The first kappa shape index (κ1) is 13.4. The molecule has 0 saturated heterocycles. The number of hydrogen-bond acceptors (Lipinski definition) is 4. The van der Waals surface area contributed by atoms with Crippen molar-refractivity contribution in [2.45, 2.75) is 33.4 Å². The molecule has 2 N–H and O–H groups in total. The number of rotatable bonds is 5. The zero-order valence-corrected chi connectivity index (χ0v) is 11.3. The predicted molar refractivity (Wildman–Crippen MR) is 72.8 cm³/mol. The van der Waals surface area contributed by atoms with Crippen molar-refractivity contribution in [3.05, 3.63) is 47.0 Å². The lowest BCUT2D eigenvalue weighted by molar-refractivity contribution is 0.0990. The van der Waals surface area contributed by atoms with Gasteiger partial charge in [-0.15, -0.1) is 0 Å². The van der Waals surface area contributed by atoms with Gasteiger partial charge in [-0.05, 0) is 32.0 Å². The number of nitrogens with zero attached hydrogens (tertiary/aromatic N) is 3. The predicted octanol–water partition coefficient (Wildman–Crippen LogP) is 1.49. The molecule has 0 spiro atoms. The Morgan fingerprint density at radius 3 is 2.89 bits per heavy atom. The largest absolute Gasteiger partial charge is 0.325 e. The fourth-order valence-electron chi connectivity index (χ4n) is 2.05. The second kappa shape index (κ2) is 5.75. The number of hydrogen-bond donors (Lipinski definition) is 1. The number of aromatic nitrogens is 3. The number of carbonyl (C=O) groups excluding carboxylic acids is 1. The second-order valence-electron chi connectivity index (χ2n) is 4.43. The summed E-state index contributed by atoms with van der Waals surface area (Å²) in [6, 6.07) is 5.43. The summed E-state index contributed by atoms with van der Waals surface area (Å²) in [5, 5.41) is 4.34. The van der Waals surface area contributed by atoms with E-state index >= 15 is 0 Å². The Balaban J connectivity index is 2.20. The smallest absolute Gasteiger partial charge is 0.168 e. The van der Waals surface area contributed by atoms with E-state index in [9.17, 15) is 4.79 Å². The Bertz CT molecular complexity index is 589. The Morgan fingerprint density at radius 2 is 2.21 bits per heavy atom. The summed E-state index contributed by atoms with van der Waals surface area (Å²) < 4.78 is 1.86. The van der Waals surface area contributed by atoms with E-state index in [4.69, 9.17) is 5.73 Å². The van der Waals surface area contributed by atoms with E-state index in [2.05, 4.69) is 10.1 Å². The number of Topliss-reactive ketones (excluding diaryl/α,β-unsaturated/α-hetero) is 1. The fraction of sp³-hybridized carbons (Fsp3) is 0.357. The third kappa shape index (κ3) is 3.06. The van der Waals surface area contributed by atoms with Gasteiger partial charge in [0, 0.05) is 30.5 Å². The summed E-state index contributed by atoms with van der Waals surface area (Å²) in [5.41, 5.74) is 8.78. The van der Waals surface area contributed by atoms with Crippen molar-refractivity contribution in [2.75, 3.05) is 0 Å². The fourth-order valence-corrected chi connectivity index (χ4v) is 2.05. The van der Waals surface area contributed by atoms with Crippen LogP contribution in [-0.2, 0) is 19.5 Å². The van der Waals surface area contributed by atoms with Crippen LogP contribution in [0.15, 0.2) is 24.4 Å². The second-order valence-corrected chi connectivity index (χ2v) is 4.43. The van der Waals surface area contributed by atoms with Crippen molar-refractivity contribution in [3.8, 4) is 0 Å². The monoisotopic (exact) mass is 258 g/mol. The molecule has 0 unspecified atom stereocenters. The molecule has 100 valence electrons. The number of nitrogens with two attached hydrogens (primary N) is 1. The van der Waals surface area contributed by atoms with Gasteiger partial charge in [-0.1, -0.05) is 0 Å². The Kier molecular flexibility index (Phi) is 4.06. The van der Waals surface area contributed by atoms with Crippen LogP contribution in [0.1, 0.15) is 34.4 Å². The van der Waals surface area contributed by atoms with E-state index in [1.807, 2.05) is 24.6 Å². The van der Waals surface area contributed by atoms with Crippen LogP contribution in [0.4, 0.5) is 0 Å². The Morgan fingerprint density at radius 1 is 1.42 bits per heavy atom. The summed E-state index contributed by atoms with van der Waals surface area (Å²) in [7, 11) is 0. The van der Waals surface area contributed by atoms with Crippen LogP contribution in [0.2, 0.25) is 0 Å². The van der Waals surface area contributed by atoms with Crippen molar-refractivity contribution in [3.63, 3.8) is 0 Å². The zero-order chi connectivity index (χ0) is 13.8. The molecule has 2 rings (SSSR count). The van der Waals surface area contributed by atoms with Gasteiger partial charge in [0.05, 0.1) is 17.8 Å². The molecule has 2 aromatic heterocycles. The van der Waals surface area contributed by atoms with Crippen molar-refractivity contribution < 1.29 is 4.79 Å². The molecule has 0 radical (unpaired) electrons. The van der Waals surface area contributed by atoms with Crippen LogP contribution in [-0.4, -0.2) is 20.5 Å². The molecule has 19 heavy (non-hydrogen) atoms. The van der Waals surface area contributed by atoms with Crippen LogP contribution in [0.3, 0.4) is 0 Å². The quantitative estimate of drug-likeness (QED) is 0.825. The van der Waals surface area contributed by atoms with E-state index in [0.717, 1.165) is 23.6 Å². The molecule has 0 amide bonds. The lowest BCUT2D eigenvalue weighted by atomic mass is 10.1. The summed E-state index contributed by atoms with van der Waals surface area (Å²) in [6.45, 7) is 5.05. The van der Waals surface area contributed by atoms with E-state index in [1.165, 1.54) is 0 Å². The van der Waals surface area contributed by atoms with Crippen molar-refractivity contribution in [1.82, 2.24) is 14.8 Å². The molecular formula is C14H18N4O. The molecule has 0 aromatic carbocycles. The molecule has 0 fully saturated rings. The maximum absolute atomic E-state index is 12.2. The first-order valence-corrected chi connectivity index (χ1v) is 6.35. The molecule has 2 heterocycles. The third-order valence-electron chi connectivity index (χ3n) is 2.97. The zero-order valence-electron chi connectivity index (χ0n) is 11.3. The molecule has 0 bridgehead atoms. The highest BCUT2D eigenvalue weighted by molar-refractivity contribution is 5.97. The van der Waals surface area contributed by atoms with Crippen LogP contribution in [0.5, 0.6) is 0 Å². The molecule has 0 aliphatic heterocycles.